The predicted molar refractivity (Wildman–Crippen MR) is 103 cm³/mol. The highest BCUT2D eigenvalue weighted by Gasteiger charge is 2.02. The van der Waals surface area contributed by atoms with E-state index in [0.717, 1.165) is 23.2 Å². The van der Waals surface area contributed by atoms with Gasteiger partial charge < -0.3 is 20.3 Å². The van der Waals surface area contributed by atoms with Crippen molar-refractivity contribution >= 4 is 11.8 Å². The molecule has 0 aliphatic heterocycles. The van der Waals surface area contributed by atoms with Crippen LogP contribution in [0.4, 0.5) is 5.82 Å². The van der Waals surface area contributed by atoms with Gasteiger partial charge >= 0.3 is 0 Å². The van der Waals surface area contributed by atoms with Crippen LogP contribution in [0, 0.1) is 6.92 Å². The van der Waals surface area contributed by atoms with Gasteiger partial charge in [0.2, 0.25) is 0 Å². The second-order valence-corrected chi connectivity index (χ2v) is 5.90. The van der Waals surface area contributed by atoms with Gasteiger partial charge in [-0.2, -0.15) is 0 Å². The molecule has 6 nitrogen and oxygen atoms in total. The number of aromatic nitrogens is 1. The van der Waals surface area contributed by atoms with Gasteiger partial charge in [0.15, 0.2) is 5.96 Å². The summed E-state index contributed by atoms with van der Waals surface area (Å²) in [6.07, 6.45) is 0. The minimum atomic E-state index is 0.568. The van der Waals surface area contributed by atoms with Crippen molar-refractivity contribution in [2.45, 2.75) is 13.5 Å². The molecule has 2 rings (SSSR count). The van der Waals surface area contributed by atoms with E-state index in [4.69, 9.17) is 4.74 Å². The molecule has 0 spiro atoms. The summed E-state index contributed by atoms with van der Waals surface area (Å²) in [5, 5.41) is 6.49. The van der Waals surface area contributed by atoms with E-state index in [-0.39, 0.29) is 0 Å². The monoisotopic (exact) mass is 341 g/mol. The van der Waals surface area contributed by atoms with Gasteiger partial charge in [-0.3, -0.25) is 4.99 Å². The first-order valence-electron chi connectivity index (χ1n) is 8.35. The van der Waals surface area contributed by atoms with Crippen molar-refractivity contribution < 1.29 is 4.74 Å². The summed E-state index contributed by atoms with van der Waals surface area (Å²) >= 11 is 0. The second-order valence-electron chi connectivity index (χ2n) is 5.90. The fraction of sp³-hybridized carbons (Fsp3) is 0.368. The molecular weight excluding hydrogens is 314 g/mol. The number of aliphatic imine (C=N–C) groups is 1. The molecule has 0 radical (unpaired) electrons. The van der Waals surface area contributed by atoms with Gasteiger partial charge in [0.25, 0.3) is 0 Å². The standard InChI is InChI=1S/C19H27N5O/c1-15-8-10-17(11-9-15)25-13-12-21-19(20-2)22-14-16-6-5-7-18(23-16)24(3)4/h5-11H,12-14H2,1-4H3,(H2,20,21,22). The van der Waals surface area contributed by atoms with Gasteiger partial charge in [-0.25, -0.2) is 4.98 Å². The second kappa shape index (κ2) is 9.52. The molecular formula is C19H27N5O. The molecule has 0 unspecified atom stereocenters. The Morgan fingerprint density at radius 1 is 1.12 bits per heavy atom. The van der Waals surface area contributed by atoms with Crippen LogP contribution in [0.2, 0.25) is 0 Å². The van der Waals surface area contributed by atoms with Gasteiger partial charge in [-0.15, -0.1) is 0 Å². The van der Waals surface area contributed by atoms with Gasteiger partial charge in [-0.1, -0.05) is 23.8 Å². The van der Waals surface area contributed by atoms with E-state index in [1.165, 1.54) is 5.56 Å². The number of guanidine groups is 1. The number of benzene rings is 1. The minimum Gasteiger partial charge on any atom is -0.492 e. The Labute approximate surface area is 149 Å². The van der Waals surface area contributed by atoms with Gasteiger partial charge in [0, 0.05) is 21.1 Å². The molecule has 134 valence electrons. The van der Waals surface area contributed by atoms with Crippen LogP contribution in [-0.2, 0) is 6.54 Å². The first kappa shape index (κ1) is 18.6. The zero-order valence-corrected chi connectivity index (χ0v) is 15.4. The van der Waals surface area contributed by atoms with Crippen LogP contribution < -0.4 is 20.3 Å². The normalized spacial score (nSPS) is 11.1. The molecule has 1 heterocycles. The lowest BCUT2D eigenvalue weighted by molar-refractivity contribution is 0.322. The lowest BCUT2D eigenvalue weighted by Crippen LogP contribution is -2.39. The highest BCUT2D eigenvalue weighted by Crippen LogP contribution is 2.10. The molecule has 1 aromatic carbocycles. The summed E-state index contributed by atoms with van der Waals surface area (Å²) in [5.41, 5.74) is 2.19. The summed E-state index contributed by atoms with van der Waals surface area (Å²) in [4.78, 5) is 10.8. The van der Waals surface area contributed by atoms with Crippen LogP contribution in [0.5, 0.6) is 5.75 Å². The number of aryl methyl sites for hydroxylation is 1. The average Bonchev–Trinajstić information content (AvgIpc) is 2.63. The lowest BCUT2D eigenvalue weighted by atomic mass is 10.2. The van der Waals surface area contributed by atoms with Gasteiger partial charge in [0.05, 0.1) is 18.8 Å². The van der Waals surface area contributed by atoms with Crippen LogP contribution in [0.25, 0.3) is 0 Å². The van der Waals surface area contributed by atoms with Gasteiger partial charge in [0.1, 0.15) is 18.2 Å². The summed E-state index contributed by atoms with van der Waals surface area (Å²) in [6, 6.07) is 14.0. The molecule has 2 N–H and O–H groups in total. The molecule has 1 aromatic heterocycles. The number of rotatable bonds is 7. The summed E-state index contributed by atoms with van der Waals surface area (Å²) in [6.45, 7) is 3.90. The van der Waals surface area contributed by atoms with E-state index >= 15 is 0 Å². The number of nitrogens with one attached hydrogen (secondary N) is 2. The number of anilines is 1. The van der Waals surface area contributed by atoms with E-state index in [2.05, 4.69) is 27.5 Å². The molecule has 0 bridgehead atoms. The quantitative estimate of drug-likeness (QED) is 0.459. The summed E-state index contributed by atoms with van der Waals surface area (Å²) in [7, 11) is 5.71. The van der Waals surface area contributed by atoms with Crippen molar-refractivity contribution in [2.24, 2.45) is 4.99 Å². The molecule has 2 aromatic rings. The fourth-order valence-electron chi connectivity index (χ4n) is 2.18. The summed E-state index contributed by atoms with van der Waals surface area (Å²) in [5.74, 6) is 2.54. The summed E-state index contributed by atoms with van der Waals surface area (Å²) < 4.78 is 5.70. The molecule has 0 amide bonds. The van der Waals surface area contributed by atoms with Crippen LogP contribution in [0.3, 0.4) is 0 Å². The number of hydrogen-bond acceptors (Lipinski definition) is 4. The fourth-order valence-corrected chi connectivity index (χ4v) is 2.18. The lowest BCUT2D eigenvalue weighted by Gasteiger charge is -2.14. The first-order valence-corrected chi connectivity index (χ1v) is 8.35. The number of hydrogen-bond donors (Lipinski definition) is 2. The Balaban J connectivity index is 1.73. The topological polar surface area (TPSA) is 61.8 Å². The highest BCUT2D eigenvalue weighted by atomic mass is 16.5. The third-order valence-electron chi connectivity index (χ3n) is 3.60. The van der Waals surface area contributed by atoms with E-state index in [1.807, 2.05) is 61.5 Å². The van der Waals surface area contributed by atoms with Crippen molar-refractivity contribution in [3.8, 4) is 5.75 Å². The van der Waals surface area contributed by atoms with Gasteiger partial charge in [-0.05, 0) is 31.2 Å². The maximum Gasteiger partial charge on any atom is 0.191 e. The smallest absolute Gasteiger partial charge is 0.191 e. The van der Waals surface area contributed by atoms with Crippen LogP contribution in [-0.4, -0.2) is 45.2 Å². The van der Waals surface area contributed by atoms with Crippen LogP contribution in [0.15, 0.2) is 47.5 Å². The molecule has 0 aliphatic rings. The maximum absolute atomic E-state index is 5.70. The molecule has 0 fully saturated rings. The van der Waals surface area contributed by atoms with Crippen LogP contribution in [0.1, 0.15) is 11.3 Å². The third kappa shape index (κ3) is 6.33. The molecule has 6 heteroatoms. The third-order valence-corrected chi connectivity index (χ3v) is 3.60. The van der Waals surface area contributed by atoms with Crippen molar-refractivity contribution in [1.82, 2.24) is 15.6 Å². The van der Waals surface area contributed by atoms with Crippen molar-refractivity contribution in [1.29, 1.82) is 0 Å². The largest absolute Gasteiger partial charge is 0.492 e. The first-order chi connectivity index (χ1) is 12.1. The van der Waals surface area contributed by atoms with Crippen LogP contribution >= 0.6 is 0 Å². The molecule has 0 aliphatic carbocycles. The number of nitrogens with zero attached hydrogens (tertiary/aromatic N) is 3. The van der Waals surface area contributed by atoms with Crippen molar-refractivity contribution in [2.75, 3.05) is 39.2 Å². The molecule has 0 saturated carbocycles. The van der Waals surface area contributed by atoms with E-state index in [9.17, 15) is 0 Å². The van der Waals surface area contributed by atoms with Crippen molar-refractivity contribution in [3.05, 3.63) is 53.7 Å². The average molecular weight is 341 g/mol. The Kier molecular flexibility index (Phi) is 7.07. The Hall–Kier alpha value is -2.76. The Bertz CT molecular complexity index is 682. The SMILES string of the molecule is CN=C(NCCOc1ccc(C)cc1)NCc1cccc(N(C)C)n1. The van der Waals surface area contributed by atoms with Crippen molar-refractivity contribution in [3.63, 3.8) is 0 Å². The zero-order chi connectivity index (χ0) is 18.1. The Morgan fingerprint density at radius 2 is 1.88 bits per heavy atom. The maximum atomic E-state index is 5.70. The predicted octanol–water partition coefficient (Wildman–Crippen LogP) is 2.20. The Morgan fingerprint density at radius 3 is 2.56 bits per heavy atom. The highest BCUT2D eigenvalue weighted by molar-refractivity contribution is 5.79. The minimum absolute atomic E-state index is 0.568. The van der Waals surface area contributed by atoms with E-state index < -0.39 is 0 Å². The number of ether oxygens (including phenoxy) is 1. The molecule has 0 atom stereocenters. The van der Waals surface area contributed by atoms with E-state index in [1.54, 1.807) is 7.05 Å². The number of pyridine rings is 1. The molecule has 0 saturated heterocycles. The van der Waals surface area contributed by atoms with E-state index in [0.29, 0.717) is 19.7 Å². The zero-order valence-electron chi connectivity index (χ0n) is 15.4. The molecule has 25 heavy (non-hydrogen) atoms.